The number of aromatic nitrogens is 2. The fraction of sp³-hybridized carbons (Fsp3) is 0.727. The lowest BCUT2D eigenvalue weighted by molar-refractivity contribution is -0.181. The molecule has 0 bridgehead atoms. The smallest absolute Gasteiger partial charge is 0.220 e. The monoisotopic (exact) mass is 404 g/mol. The van der Waals surface area contributed by atoms with Crippen LogP contribution in [0.5, 0.6) is 0 Å². The Labute approximate surface area is 174 Å². The van der Waals surface area contributed by atoms with Gasteiger partial charge in [0, 0.05) is 45.7 Å². The number of piperidine rings is 1. The average Bonchev–Trinajstić information content (AvgIpc) is 3.05. The summed E-state index contributed by atoms with van der Waals surface area (Å²) in [5.41, 5.74) is 1.50. The van der Waals surface area contributed by atoms with E-state index in [1.54, 1.807) is 0 Å². The van der Waals surface area contributed by atoms with E-state index in [2.05, 4.69) is 27.5 Å². The highest BCUT2D eigenvalue weighted by molar-refractivity contribution is 5.77. The first kappa shape index (κ1) is 22.0. The summed E-state index contributed by atoms with van der Waals surface area (Å²) >= 11 is 0. The van der Waals surface area contributed by atoms with Crippen molar-refractivity contribution >= 4 is 5.91 Å². The average molecular weight is 405 g/mol. The zero-order valence-corrected chi connectivity index (χ0v) is 18.3. The number of hydrogen-bond acceptors (Lipinski definition) is 5. The number of likely N-dealkylation sites (tertiary alicyclic amines) is 1. The number of nitrogens with zero attached hydrogens (tertiary/aromatic N) is 3. The van der Waals surface area contributed by atoms with Gasteiger partial charge in [-0.05, 0) is 46.1 Å². The summed E-state index contributed by atoms with van der Waals surface area (Å²) in [5.74, 6) is -0.00487. The molecule has 29 heavy (non-hydrogen) atoms. The number of carbonyl (C=O) groups is 1. The molecule has 1 aromatic heterocycles. The lowest BCUT2D eigenvalue weighted by Crippen LogP contribution is -2.65. The van der Waals surface area contributed by atoms with Crippen LogP contribution in [0.1, 0.15) is 58.6 Å². The standard InChI is InChI=1S/C22H36N4O3/c1-17(2)6-5-7-20(28)24-21(3)16-22(29-15-19(21)27)9-12-26(13-10-22)14-18-8-11-23-25(18)4/h6,8,11,19,27H,5,7,9-10,12-16H2,1-4H3,(H,24,28)/t19-,21-/m1/s1. The molecule has 0 radical (unpaired) electrons. The second kappa shape index (κ2) is 8.98. The van der Waals surface area contributed by atoms with Crippen LogP contribution in [0.4, 0.5) is 0 Å². The molecule has 0 saturated carbocycles. The maximum Gasteiger partial charge on any atom is 0.220 e. The van der Waals surface area contributed by atoms with Gasteiger partial charge >= 0.3 is 0 Å². The van der Waals surface area contributed by atoms with Crippen LogP contribution < -0.4 is 5.32 Å². The Morgan fingerprint density at radius 2 is 2.14 bits per heavy atom. The van der Waals surface area contributed by atoms with Gasteiger partial charge in [-0.25, -0.2) is 0 Å². The molecule has 2 atom stereocenters. The van der Waals surface area contributed by atoms with Gasteiger partial charge in [-0.1, -0.05) is 11.6 Å². The van der Waals surface area contributed by atoms with Gasteiger partial charge in [-0.2, -0.15) is 5.10 Å². The number of aliphatic hydroxyl groups is 1. The SMILES string of the molecule is CC(C)=CCCC(=O)N[C@]1(C)CC2(CCN(Cc3ccnn3C)CC2)OC[C@H]1O. The van der Waals surface area contributed by atoms with Crippen molar-refractivity contribution in [1.82, 2.24) is 20.0 Å². The van der Waals surface area contributed by atoms with Gasteiger partial charge in [-0.15, -0.1) is 0 Å². The lowest BCUT2D eigenvalue weighted by atomic mass is 9.74. The molecule has 3 rings (SSSR count). The van der Waals surface area contributed by atoms with E-state index in [4.69, 9.17) is 4.74 Å². The highest BCUT2D eigenvalue weighted by Gasteiger charge is 2.50. The molecular weight excluding hydrogens is 368 g/mol. The Morgan fingerprint density at radius 1 is 1.41 bits per heavy atom. The van der Waals surface area contributed by atoms with E-state index in [0.717, 1.165) is 38.9 Å². The Bertz CT molecular complexity index is 732. The summed E-state index contributed by atoms with van der Waals surface area (Å²) in [6, 6.07) is 2.06. The maximum atomic E-state index is 12.5. The first-order chi connectivity index (χ1) is 13.7. The maximum absolute atomic E-state index is 12.5. The third-order valence-corrected chi connectivity index (χ3v) is 6.40. The van der Waals surface area contributed by atoms with Crippen molar-refractivity contribution in [3.63, 3.8) is 0 Å². The predicted molar refractivity (Wildman–Crippen MR) is 112 cm³/mol. The molecule has 7 heteroatoms. The minimum absolute atomic E-state index is 0.00487. The number of amides is 1. The molecule has 0 aliphatic carbocycles. The van der Waals surface area contributed by atoms with E-state index in [-0.39, 0.29) is 18.1 Å². The minimum atomic E-state index is -0.687. The third-order valence-electron chi connectivity index (χ3n) is 6.40. The predicted octanol–water partition coefficient (Wildman–Crippen LogP) is 2.16. The van der Waals surface area contributed by atoms with Crippen molar-refractivity contribution in [2.45, 2.75) is 76.7 Å². The first-order valence-corrected chi connectivity index (χ1v) is 10.7. The Kier molecular flexibility index (Phi) is 6.81. The summed E-state index contributed by atoms with van der Waals surface area (Å²) in [7, 11) is 1.97. The molecule has 1 spiro atoms. The van der Waals surface area contributed by atoms with Gasteiger partial charge in [-0.3, -0.25) is 14.4 Å². The van der Waals surface area contributed by atoms with Crippen molar-refractivity contribution < 1.29 is 14.6 Å². The van der Waals surface area contributed by atoms with Crippen molar-refractivity contribution in [2.24, 2.45) is 7.05 Å². The number of rotatable bonds is 6. The molecule has 7 nitrogen and oxygen atoms in total. The molecule has 2 saturated heterocycles. The number of nitrogens with one attached hydrogen (secondary N) is 1. The molecule has 1 amide bonds. The molecule has 0 aromatic carbocycles. The van der Waals surface area contributed by atoms with E-state index < -0.39 is 11.6 Å². The van der Waals surface area contributed by atoms with Gasteiger partial charge in [0.2, 0.25) is 5.91 Å². The van der Waals surface area contributed by atoms with Gasteiger partial charge in [0.25, 0.3) is 0 Å². The molecular formula is C22H36N4O3. The van der Waals surface area contributed by atoms with Crippen molar-refractivity contribution in [2.75, 3.05) is 19.7 Å². The number of hydrogen-bond donors (Lipinski definition) is 2. The number of aliphatic hydroxyl groups excluding tert-OH is 1. The van der Waals surface area contributed by atoms with Crippen LogP contribution in [0.25, 0.3) is 0 Å². The Morgan fingerprint density at radius 3 is 2.76 bits per heavy atom. The fourth-order valence-electron chi connectivity index (χ4n) is 4.50. The van der Waals surface area contributed by atoms with Gasteiger partial charge in [0.1, 0.15) is 6.10 Å². The fourth-order valence-corrected chi connectivity index (χ4v) is 4.50. The summed E-state index contributed by atoms with van der Waals surface area (Å²) in [6.45, 7) is 9.05. The van der Waals surface area contributed by atoms with Crippen LogP contribution in [-0.2, 0) is 23.1 Å². The molecule has 2 N–H and O–H groups in total. The van der Waals surface area contributed by atoms with E-state index in [1.165, 1.54) is 11.3 Å². The normalized spacial score (nSPS) is 27.0. The van der Waals surface area contributed by atoms with Gasteiger partial charge in [0.15, 0.2) is 0 Å². The van der Waals surface area contributed by atoms with Gasteiger partial charge < -0.3 is 15.2 Å². The van der Waals surface area contributed by atoms with E-state index in [9.17, 15) is 9.90 Å². The summed E-state index contributed by atoms with van der Waals surface area (Å²) in [4.78, 5) is 14.9. The number of carbonyl (C=O) groups excluding carboxylic acids is 1. The Hall–Kier alpha value is -1.70. The molecule has 2 aliphatic rings. The van der Waals surface area contributed by atoms with Crippen LogP contribution in [-0.4, -0.2) is 62.6 Å². The Balaban J connectivity index is 1.56. The molecule has 2 aliphatic heterocycles. The highest BCUT2D eigenvalue weighted by Crippen LogP contribution is 2.40. The summed E-state index contributed by atoms with van der Waals surface area (Å²) in [5, 5.41) is 18.0. The largest absolute Gasteiger partial charge is 0.388 e. The molecule has 1 aromatic rings. The topological polar surface area (TPSA) is 79.6 Å². The van der Waals surface area contributed by atoms with Crippen LogP contribution >= 0.6 is 0 Å². The second-order valence-electron chi connectivity index (χ2n) is 9.19. The van der Waals surface area contributed by atoms with Crippen molar-refractivity contribution in [1.29, 1.82) is 0 Å². The van der Waals surface area contributed by atoms with Crippen molar-refractivity contribution in [3.8, 4) is 0 Å². The van der Waals surface area contributed by atoms with Crippen LogP contribution in [0.3, 0.4) is 0 Å². The third kappa shape index (κ3) is 5.47. The van der Waals surface area contributed by atoms with E-state index >= 15 is 0 Å². The van der Waals surface area contributed by atoms with Crippen molar-refractivity contribution in [3.05, 3.63) is 29.6 Å². The van der Waals surface area contributed by atoms with E-state index in [1.807, 2.05) is 38.7 Å². The molecule has 0 unspecified atom stereocenters. The lowest BCUT2D eigenvalue weighted by Gasteiger charge is -2.52. The molecule has 2 fully saturated rings. The number of aryl methyl sites for hydroxylation is 1. The zero-order valence-electron chi connectivity index (χ0n) is 18.3. The molecule has 3 heterocycles. The minimum Gasteiger partial charge on any atom is -0.388 e. The van der Waals surface area contributed by atoms with E-state index in [0.29, 0.717) is 12.8 Å². The number of ether oxygens (including phenoxy) is 1. The summed E-state index contributed by atoms with van der Waals surface area (Å²) in [6.07, 6.45) is 6.84. The van der Waals surface area contributed by atoms with Crippen LogP contribution in [0, 0.1) is 0 Å². The summed E-state index contributed by atoms with van der Waals surface area (Å²) < 4.78 is 8.08. The van der Waals surface area contributed by atoms with Gasteiger partial charge in [0.05, 0.1) is 23.4 Å². The second-order valence-corrected chi connectivity index (χ2v) is 9.19. The first-order valence-electron chi connectivity index (χ1n) is 10.7. The number of allylic oxidation sites excluding steroid dienone is 2. The van der Waals surface area contributed by atoms with Crippen LogP contribution in [0.2, 0.25) is 0 Å². The zero-order chi connectivity index (χ0) is 21.1. The highest BCUT2D eigenvalue weighted by atomic mass is 16.5. The van der Waals surface area contributed by atoms with Crippen LogP contribution in [0.15, 0.2) is 23.9 Å². The molecule has 162 valence electrons. The quantitative estimate of drug-likeness (QED) is 0.711.